The van der Waals surface area contributed by atoms with E-state index in [1.165, 1.54) is 34.1 Å². The van der Waals surface area contributed by atoms with Gasteiger partial charge in [0.1, 0.15) is 5.78 Å². The van der Waals surface area contributed by atoms with Gasteiger partial charge in [0.05, 0.1) is 4.90 Å². The largest absolute Gasteiger partial charge is 0.314 e. The predicted molar refractivity (Wildman–Crippen MR) is 80.7 cm³/mol. The Kier molecular flexibility index (Phi) is 6.29. The van der Waals surface area contributed by atoms with Gasteiger partial charge < -0.3 is 9.36 Å². The third kappa shape index (κ3) is 4.50. The molecule has 0 aliphatic carbocycles. The zero-order chi connectivity index (χ0) is 16.0. The molecule has 1 aromatic rings. The van der Waals surface area contributed by atoms with Gasteiger partial charge in [0.25, 0.3) is 5.56 Å². The molecule has 1 heterocycles. The van der Waals surface area contributed by atoms with Crippen molar-refractivity contribution in [2.45, 2.75) is 45.1 Å². The number of hydrogen-bond donors (Lipinski definition) is 0. The number of aromatic nitrogens is 1. The zero-order valence-electron chi connectivity index (χ0n) is 12.7. The Hall–Kier alpha value is -1.47. The Morgan fingerprint density at radius 3 is 2.38 bits per heavy atom. The Labute approximate surface area is 125 Å². The van der Waals surface area contributed by atoms with Crippen LogP contribution in [-0.4, -0.2) is 36.2 Å². The van der Waals surface area contributed by atoms with Crippen molar-refractivity contribution in [2.75, 3.05) is 13.1 Å². The van der Waals surface area contributed by atoms with Crippen molar-refractivity contribution in [1.82, 2.24) is 8.87 Å². The molecule has 0 amide bonds. The molecule has 0 spiro atoms. The summed E-state index contributed by atoms with van der Waals surface area (Å²) in [5.74, 6) is 0.0509. The molecule has 0 aliphatic heterocycles. The minimum atomic E-state index is -3.58. The molecule has 21 heavy (non-hydrogen) atoms. The van der Waals surface area contributed by atoms with Crippen LogP contribution in [0.15, 0.2) is 28.0 Å². The molecule has 118 valence electrons. The van der Waals surface area contributed by atoms with Gasteiger partial charge in [-0.1, -0.05) is 13.8 Å². The van der Waals surface area contributed by atoms with Crippen LogP contribution in [-0.2, 0) is 21.4 Å². The summed E-state index contributed by atoms with van der Waals surface area (Å²) in [7, 11) is -3.58. The topological polar surface area (TPSA) is 76.5 Å². The smallest absolute Gasteiger partial charge is 0.250 e. The van der Waals surface area contributed by atoms with E-state index in [0.29, 0.717) is 32.5 Å². The second kappa shape index (κ2) is 7.51. The van der Waals surface area contributed by atoms with Crippen LogP contribution in [0.2, 0.25) is 0 Å². The fraction of sp³-hybridized carbons (Fsp3) is 0.571. The molecule has 0 bridgehead atoms. The number of nitrogens with zero attached hydrogens (tertiary/aromatic N) is 2. The summed E-state index contributed by atoms with van der Waals surface area (Å²) in [6.45, 7) is 6.11. The lowest BCUT2D eigenvalue weighted by Gasteiger charge is -2.19. The summed E-state index contributed by atoms with van der Waals surface area (Å²) in [5, 5.41) is 0. The number of sulfonamides is 1. The van der Waals surface area contributed by atoms with Gasteiger partial charge in [0.15, 0.2) is 0 Å². The van der Waals surface area contributed by atoms with Crippen molar-refractivity contribution in [1.29, 1.82) is 0 Å². The molecule has 1 aromatic heterocycles. The van der Waals surface area contributed by atoms with E-state index in [-0.39, 0.29) is 16.2 Å². The van der Waals surface area contributed by atoms with Gasteiger partial charge in [-0.15, -0.1) is 0 Å². The van der Waals surface area contributed by atoms with Gasteiger partial charge in [-0.2, -0.15) is 4.31 Å². The van der Waals surface area contributed by atoms with Gasteiger partial charge in [-0.05, 0) is 19.4 Å². The molecule has 0 radical (unpaired) electrons. The van der Waals surface area contributed by atoms with E-state index in [4.69, 9.17) is 0 Å². The maximum atomic E-state index is 12.4. The van der Waals surface area contributed by atoms with Crippen molar-refractivity contribution in [2.24, 2.45) is 0 Å². The lowest BCUT2D eigenvalue weighted by Crippen LogP contribution is -2.32. The number of hydrogen-bond acceptors (Lipinski definition) is 4. The normalized spacial score (nSPS) is 11.8. The summed E-state index contributed by atoms with van der Waals surface area (Å²) >= 11 is 0. The average molecular weight is 314 g/mol. The average Bonchev–Trinajstić information content (AvgIpc) is 2.41. The molecule has 0 saturated carbocycles. The second-order valence-electron chi connectivity index (χ2n) is 4.79. The van der Waals surface area contributed by atoms with E-state index >= 15 is 0 Å². The Bertz CT molecular complexity index is 645. The van der Waals surface area contributed by atoms with Gasteiger partial charge >= 0.3 is 0 Å². The molecule has 6 nitrogen and oxygen atoms in total. The van der Waals surface area contributed by atoms with E-state index in [1.54, 1.807) is 13.8 Å². The minimum Gasteiger partial charge on any atom is -0.314 e. The van der Waals surface area contributed by atoms with Crippen LogP contribution < -0.4 is 5.56 Å². The third-order valence-electron chi connectivity index (χ3n) is 3.23. The highest BCUT2D eigenvalue weighted by molar-refractivity contribution is 7.89. The van der Waals surface area contributed by atoms with Crippen molar-refractivity contribution in [3.8, 4) is 0 Å². The first kappa shape index (κ1) is 17.6. The van der Waals surface area contributed by atoms with Crippen LogP contribution in [0.4, 0.5) is 0 Å². The van der Waals surface area contributed by atoms with E-state index < -0.39 is 10.0 Å². The lowest BCUT2D eigenvalue weighted by atomic mass is 10.2. The first-order valence-corrected chi connectivity index (χ1v) is 8.47. The van der Waals surface area contributed by atoms with Crippen LogP contribution in [0.3, 0.4) is 0 Å². The molecular weight excluding hydrogens is 292 g/mol. The highest BCUT2D eigenvalue weighted by Gasteiger charge is 2.22. The molecule has 0 N–H and O–H groups in total. The SMILES string of the molecule is CCN(CC)S(=O)(=O)c1ccc(=O)n(CCCC(C)=O)c1. The Morgan fingerprint density at radius 2 is 1.86 bits per heavy atom. The van der Waals surface area contributed by atoms with Crippen LogP contribution >= 0.6 is 0 Å². The number of pyridine rings is 1. The quantitative estimate of drug-likeness (QED) is 0.723. The molecule has 0 aliphatic rings. The van der Waals surface area contributed by atoms with E-state index in [9.17, 15) is 18.0 Å². The number of Topliss-reactive ketones (excluding diaryl/α,β-unsaturated/α-hetero) is 1. The van der Waals surface area contributed by atoms with Crippen molar-refractivity contribution < 1.29 is 13.2 Å². The van der Waals surface area contributed by atoms with Crippen molar-refractivity contribution >= 4 is 15.8 Å². The molecule has 0 unspecified atom stereocenters. The first-order chi connectivity index (χ1) is 9.82. The lowest BCUT2D eigenvalue weighted by molar-refractivity contribution is -0.117. The fourth-order valence-corrected chi connectivity index (χ4v) is 3.53. The summed E-state index contributed by atoms with van der Waals surface area (Å²) in [6, 6.07) is 2.58. The molecule has 0 atom stereocenters. The second-order valence-corrected chi connectivity index (χ2v) is 6.73. The highest BCUT2D eigenvalue weighted by Crippen LogP contribution is 2.13. The third-order valence-corrected chi connectivity index (χ3v) is 5.26. The van der Waals surface area contributed by atoms with E-state index in [1.807, 2.05) is 0 Å². The minimum absolute atomic E-state index is 0.0509. The van der Waals surface area contributed by atoms with Crippen LogP contribution in [0, 0.1) is 0 Å². The van der Waals surface area contributed by atoms with Crippen LogP contribution in [0.25, 0.3) is 0 Å². The van der Waals surface area contributed by atoms with E-state index in [0.717, 1.165) is 0 Å². The van der Waals surface area contributed by atoms with Gasteiger partial charge in [0.2, 0.25) is 10.0 Å². The molecule has 1 rings (SSSR count). The van der Waals surface area contributed by atoms with Gasteiger partial charge in [0, 0.05) is 38.3 Å². The van der Waals surface area contributed by atoms with Crippen LogP contribution in [0.5, 0.6) is 0 Å². The van der Waals surface area contributed by atoms with Crippen molar-refractivity contribution in [3.05, 3.63) is 28.7 Å². The number of carbonyl (C=O) groups excluding carboxylic acids is 1. The summed E-state index contributed by atoms with van der Waals surface area (Å²) in [6.07, 6.45) is 2.25. The monoisotopic (exact) mass is 314 g/mol. The van der Waals surface area contributed by atoms with Crippen LogP contribution in [0.1, 0.15) is 33.6 Å². The molecule has 7 heteroatoms. The predicted octanol–water partition coefficient (Wildman–Crippen LogP) is 1.25. The molecule has 0 saturated heterocycles. The Morgan fingerprint density at radius 1 is 1.24 bits per heavy atom. The first-order valence-electron chi connectivity index (χ1n) is 7.03. The molecule has 0 fully saturated rings. The maximum Gasteiger partial charge on any atom is 0.250 e. The zero-order valence-corrected chi connectivity index (χ0v) is 13.5. The van der Waals surface area contributed by atoms with Gasteiger partial charge in [-0.25, -0.2) is 8.42 Å². The number of aryl methyl sites for hydroxylation is 1. The number of rotatable bonds is 8. The molecular formula is C14H22N2O4S. The molecule has 0 aromatic carbocycles. The van der Waals surface area contributed by atoms with E-state index in [2.05, 4.69) is 0 Å². The van der Waals surface area contributed by atoms with Crippen molar-refractivity contribution in [3.63, 3.8) is 0 Å². The fourth-order valence-electron chi connectivity index (χ4n) is 2.05. The summed E-state index contributed by atoms with van der Waals surface area (Å²) in [4.78, 5) is 22.8. The number of carbonyl (C=O) groups is 1. The maximum absolute atomic E-state index is 12.4. The van der Waals surface area contributed by atoms with Gasteiger partial charge in [-0.3, -0.25) is 4.79 Å². The number of ketones is 1. The standard InChI is InChI=1S/C14H22N2O4S/c1-4-16(5-2)21(19,20)13-8-9-14(18)15(11-13)10-6-7-12(3)17/h8-9,11H,4-7,10H2,1-3H3. The highest BCUT2D eigenvalue weighted by atomic mass is 32.2. The summed E-state index contributed by atoms with van der Waals surface area (Å²) in [5.41, 5.74) is -0.267. The summed E-state index contributed by atoms with van der Waals surface area (Å²) < 4.78 is 27.5. The Balaban J connectivity index is 3.06.